The van der Waals surface area contributed by atoms with E-state index in [1.165, 1.54) is 32.2 Å². The predicted octanol–water partition coefficient (Wildman–Crippen LogP) is 2.58. The zero-order valence-electron chi connectivity index (χ0n) is 15.7. The van der Waals surface area contributed by atoms with Crippen LogP contribution < -0.4 is 5.32 Å². The van der Waals surface area contributed by atoms with Crippen LogP contribution in [0.2, 0.25) is 0 Å². The number of aliphatic imine (C=N–C) groups is 1. The fraction of sp³-hybridized carbons (Fsp3) is 0.842. The maximum absolute atomic E-state index is 5.51. The summed E-state index contributed by atoms with van der Waals surface area (Å²) < 4.78 is 5.51. The predicted molar refractivity (Wildman–Crippen MR) is 115 cm³/mol. The zero-order chi connectivity index (χ0) is 16.6. The molecule has 0 aromatic rings. The van der Waals surface area contributed by atoms with E-state index in [0.717, 1.165) is 70.3 Å². The first-order valence-corrected chi connectivity index (χ1v) is 9.83. The van der Waals surface area contributed by atoms with Crippen molar-refractivity contribution in [2.75, 3.05) is 59.0 Å². The molecule has 0 saturated carbocycles. The molecule has 2 saturated heterocycles. The van der Waals surface area contributed by atoms with Gasteiger partial charge >= 0.3 is 0 Å². The van der Waals surface area contributed by atoms with Crippen LogP contribution in [0, 0.1) is 11.8 Å². The molecule has 1 aliphatic carbocycles. The Balaban J connectivity index is 0.00000225. The van der Waals surface area contributed by atoms with E-state index in [2.05, 4.69) is 34.2 Å². The standard InChI is InChI=1S/C19H34N4O.HI/c1-2-20-19(21-14-17-6-4-3-5-7-17)23-11-9-22(10-12-23)15-18-8-13-24-16-18;/h3-4,17-18H,2,5-16H2,1H3,(H,20,21);1H. The molecular formula is C19H35IN4O. The highest BCUT2D eigenvalue weighted by Crippen LogP contribution is 2.18. The molecule has 3 rings (SSSR count). The van der Waals surface area contributed by atoms with Gasteiger partial charge in [0.1, 0.15) is 0 Å². The Morgan fingerprint density at radius 1 is 1.16 bits per heavy atom. The van der Waals surface area contributed by atoms with Gasteiger partial charge in [0.15, 0.2) is 5.96 Å². The molecule has 0 aromatic heterocycles. The van der Waals surface area contributed by atoms with Crippen LogP contribution in [0.3, 0.4) is 0 Å². The highest BCUT2D eigenvalue weighted by Gasteiger charge is 2.24. The number of piperazine rings is 1. The first kappa shape index (κ1) is 21.0. The highest BCUT2D eigenvalue weighted by molar-refractivity contribution is 14.0. The van der Waals surface area contributed by atoms with Crippen molar-refractivity contribution in [2.24, 2.45) is 16.8 Å². The van der Waals surface area contributed by atoms with Crippen LogP contribution in [0.5, 0.6) is 0 Å². The zero-order valence-corrected chi connectivity index (χ0v) is 18.0. The third kappa shape index (κ3) is 6.71. The van der Waals surface area contributed by atoms with Crippen molar-refractivity contribution in [1.29, 1.82) is 0 Å². The minimum absolute atomic E-state index is 0. The average Bonchev–Trinajstić information content (AvgIpc) is 3.13. The largest absolute Gasteiger partial charge is 0.381 e. The lowest BCUT2D eigenvalue weighted by atomic mass is 9.95. The van der Waals surface area contributed by atoms with Gasteiger partial charge in [0.05, 0.1) is 6.61 Å². The van der Waals surface area contributed by atoms with Crippen LogP contribution >= 0.6 is 24.0 Å². The summed E-state index contributed by atoms with van der Waals surface area (Å²) in [6, 6.07) is 0. The summed E-state index contributed by atoms with van der Waals surface area (Å²) in [4.78, 5) is 10.00. The van der Waals surface area contributed by atoms with Crippen LogP contribution in [-0.2, 0) is 4.74 Å². The molecule has 144 valence electrons. The van der Waals surface area contributed by atoms with E-state index in [1.807, 2.05) is 0 Å². The van der Waals surface area contributed by atoms with E-state index in [4.69, 9.17) is 9.73 Å². The van der Waals surface area contributed by atoms with Crippen LogP contribution in [0.25, 0.3) is 0 Å². The molecule has 0 radical (unpaired) electrons. The summed E-state index contributed by atoms with van der Waals surface area (Å²) in [6.07, 6.45) is 9.57. The van der Waals surface area contributed by atoms with Crippen molar-refractivity contribution < 1.29 is 4.74 Å². The van der Waals surface area contributed by atoms with Gasteiger partial charge in [0.2, 0.25) is 0 Å². The summed E-state index contributed by atoms with van der Waals surface area (Å²) >= 11 is 0. The van der Waals surface area contributed by atoms with Crippen LogP contribution in [-0.4, -0.2) is 74.8 Å². The van der Waals surface area contributed by atoms with Gasteiger partial charge in [-0.05, 0) is 44.4 Å². The molecule has 2 aliphatic heterocycles. The third-order valence-corrected chi connectivity index (χ3v) is 5.42. The molecule has 25 heavy (non-hydrogen) atoms. The van der Waals surface area contributed by atoms with Gasteiger partial charge in [0, 0.05) is 52.4 Å². The summed E-state index contributed by atoms with van der Waals surface area (Å²) in [5, 5.41) is 3.50. The molecule has 0 amide bonds. The molecule has 5 nitrogen and oxygen atoms in total. The molecule has 1 N–H and O–H groups in total. The van der Waals surface area contributed by atoms with E-state index in [-0.39, 0.29) is 24.0 Å². The number of rotatable bonds is 5. The van der Waals surface area contributed by atoms with E-state index in [9.17, 15) is 0 Å². The average molecular weight is 462 g/mol. The molecule has 0 spiro atoms. The number of nitrogens with zero attached hydrogens (tertiary/aromatic N) is 3. The van der Waals surface area contributed by atoms with E-state index < -0.39 is 0 Å². The maximum Gasteiger partial charge on any atom is 0.194 e. The van der Waals surface area contributed by atoms with Gasteiger partial charge in [-0.2, -0.15) is 0 Å². The van der Waals surface area contributed by atoms with Gasteiger partial charge in [-0.25, -0.2) is 0 Å². The molecule has 2 unspecified atom stereocenters. The van der Waals surface area contributed by atoms with Crippen molar-refractivity contribution in [1.82, 2.24) is 15.1 Å². The number of nitrogens with one attached hydrogen (secondary N) is 1. The summed E-state index contributed by atoms with van der Waals surface area (Å²) in [7, 11) is 0. The molecule has 2 fully saturated rings. The number of hydrogen-bond donors (Lipinski definition) is 1. The number of ether oxygens (including phenoxy) is 1. The van der Waals surface area contributed by atoms with E-state index >= 15 is 0 Å². The number of allylic oxidation sites excluding steroid dienone is 2. The van der Waals surface area contributed by atoms with Crippen molar-refractivity contribution >= 4 is 29.9 Å². The lowest BCUT2D eigenvalue weighted by Crippen LogP contribution is -2.53. The second-order valence-corrected chi connectivity index (χ2v) is 7.36. The topological polar surface area (TPSA) is 40.1 Å². The third-order valence-electron chi connectivity index (χ3n) is 5.42. The molecule has 0 bridgehead atoms. The van der Waals surface area contributed by atoms with Gasteiger partial charge in [-0.15, -0.1) is 24.0 Å². The van der Waals surface area contributed by atoms with Crippen molar-refractivity contribution in [2.45, 2.75) is 32.6 Å². The quantitative estimate of drug-likeness (QED) is 0.295. The Morgan fingerprint density at radius 3 is 2.64 bits per heavy atom. The van der Waals surface area contributed by atoms with Gasteiger partial charge in [0.25, 0.3) is 0 Å². The molecule has 6 heteroatoms. The van der Waals surface area contributed by atoms with Gasteiger partial charge < -0.3 is 15.0 Å². The summed E-state index contributed by atoms with van der Waals surface area (Å²) in [5.41, 5.74) is 0. The molecule has 2 atom stereocenters. The second-order valence-electron chi connectivity index (χ2n) is 7.36. The number of hydrogen-bond acceptors (Lipinski definition) is 3. The SMILES string of the molecule is CCNC(=NCC1CC=CCC1)N1CCN(CC2CCOC2)CC1.I. The fourth-order valence-corrected chi connectivity index (χ4v) is 3.90. The molecule has 0 aromatic carbocycles. The van der Waals surface area contributed by atoms with Crippen LogP contribution in [0.1, 0.15) is 32.6 Å². The summed E-state index contributed by atoms with van der Waals surface area (Å²) in [6.45, 7) is 11.7. The normalized spacial score (nSPS) is 28.0. The van der Waals surface area contributed by atoms with Gasteiger partial charge in [-0.1, -0.05) is 12.2 Å². The smallest absolute Gasteiger partial charge is 0.194 e. The summed E-state index contributed by atoms with van der Waals surface area (Å²) in [5.74, 6) is 2.60. The van der Waals surface area contributed by atoms with Crippen LogP contribution in [0.4, 0.5) is 0 Å². The molecule has 2 heterocycles. The highest BCUT2D eigenvalue weighted by atomic mass is 127. The lowest BCUT2D eigenvalue weighted by Gasteiger charge is -2.37. The molecule has 3 aliphatic rings. The first-order valence-electron chi connectivity index (χ1n) is 9.83. The molecular weight excluding hydrogens is 427 g/mol. The number of guanidine groups is 1. The Bertz CT molecular complexity index is 429. The van der Waals surface area contributed by atoms with Crippen molar-refractivity contribution in [3.8, 4) is 0 Å². The minimum Gasteiger partial charge on any atom is -0.381 e. The lowest BCUT2D eigenvalue weighted by molar-refractivity contribution is 0.139. The van der Waals surface area contributed by atoms with Crippen molar-refractivity contribution in [3.63, 3.8) is 0 Å². The first-order chi connectivity index (χ1) is 11.8. The minimum atomic E-state index is 0. The van der Waals surface area contributed by atoms with Crippen molar-refractivity contribution in [3.05, 3.63) is 12.2 Å². The fourth-order valence-electron chi connectivity index (χ4n) is 3.90. The Hall–Kier alpha value is -0.340. The maximum atomic E-state index is 5.51. The van der Waals surface area contributed by atoms with E-state index in [0.29, 0.717) is 0 Å². The van der Waals surface area contributed by atoms with Crippen LogP contribution in [0.15, 0.2) is 17.1 Å². The Kier molecular flexibility index (Phi) is 9.55. The Labute approximate surface area is 170 Å². The van der Waals surface area contributed by atoms with E-state index in [1.54, 1.807) is 0 Å². The second kappa shape index (κ2) is 11.4. The van der Waals surface area contributed by atoms with Gasteiger partial charge in [-0.3, -0.25) is 9.89 Å². The monoisotopic (exact) mass is 462 g/mol. The number of halogens is 1. The Morgan fingerprint density at radius 2 is 2.00 bits per heavy atom.